The summed E-state index contributed by atoms with van der Waals surface area (Å²) in [6.07, 6.45) is 0. The zero-order valence-corrected chi connectivity index (χ0v) is 17.5. The van der Waals surface area contributed by atoms with Gasteiger partial charge in [0.2, 0.25) is 0 Å². The maximum atomic E-state index is 10.3. The zero-order valence-electron chi connectivity index (χ0n) is 17.5. The summed E-state index contributed by atoms with van der Waals surface area (Å²) in [5.41, 5.74) is 8.58. The molecule has 0 amide bonds. The minimum absolute atomic E-state index is 0.215. The SMILES string of the molecule is C=C(O)/C(O)=C(/O)C(=C)c1cccc(-c2cccc(C)c2-c2ccccc2C)c1C. The molecule has 0 atom stereocenters. The van der Waals surface area contributed by atoms with Crippen LogP contribution in [-0.4, -0.2) is 15.3 Å². The van der Waals surface area contributed by atoms with E-state index < -0.39 is 17.3 Å². The van der Waals surface area contributed by atoms with Crippen molar-refractivity contribution in [1.82, 2.24) is 0 Å². The van der Waals surface area contributed by atoms with Crippen LogP contribution in [0.25, 0.3) is 27.8 Å². The van der Waals surface area contributed by atoms with Crippen LogP contribution in [0.1, 0.15) is 22.3 Å². The van der Waals surface area contributed by atoms with Crippen LogP contribution in [0.2, 0.25) is 0 Å². The Morgan fingerprint density at radius 1 is 0.633 bits per heavy atom. The smallest absolute Gasteiger partial charge is 0.200 e. The summed E-state index contributed by atoms with van der Waals surface area (Å²) in [6.45, 7) is 13.3. The monoisotopic (exact) mass is 398 g/mol. The number of aliphatic hydroxyl groups is 3. The quantitative estimate of drug-likeness (QED) is 0.311. The van der Waals surface area contributed by atoms with Gasteiger partial charge < -0.3 is 15.3 Å². The van der Waals surface area contributed by atoms with Crippen molar-refractivity contribution in [3.63, 3.8) is 0 Å². The average molecular weight is 399 g/mol. The Labute approximate surface area is 177 Å². The summed E-state index contributed by atoms with van der Waals surface area (Å²) in [5, 5.41) is 29.6. The van der Waals surface area contributed by atoms with Crippen LogP contribution in [0.3, 0.4) is 0 Å². The van der Waals surface area contributed by atoms with Crippen LogP contribution in [0.5, 0.6) is 0 Å². The first-order valence-corrected chi connectivity index (χ1v) is 9.69. The number of allylic oxidation sites excluding steroid dienone is 1. The predicted molar refractivity (Wildman–Crippen MR) is 125 cm³/mol. The first-order valence-electron chi connectivity index (χ1n) is 9.69. The highest BCUT2D eigenvalue weighted by Crippen LogP contribution is 2.39. The van der Waals surface area contributed by atoms with Gasteiger partial charge in [-0.3, -0.25) is 0 Å². The number of rotatable bonds is 5. The van der Waals surface area contributed by atoms with Gasteiger partial charge in [-0.2, -0.15) is 0 Å². The number of benzene rings is 3. The second-order valence-electron chi connectivity index (χ2n) is 7.41. The number of aliphatic hydroxyl groups excluding tert-OH is 3. The molecule has 30 heavy (non-hydrogen) atoms. The Balaban J connectivity index is 2.23. The lowest BCUT2D eigenvalue weighted by atomic mass is 9.85. The molecular weight excluding hydrogens is 372 g/mol. The lowest BCUT2D eigenvalue weighted by Crippen LogP contribution is -2.00. The normalized spacial score (nSPS) is 11.7. The third kappa shape index (κ3) is 3.74. The molecule has 0 radical (unpaired) electrons. The van der Waals surface area contributed by atoms with Crippen LogP contribution in [0.4, 0.5) is 0 Å². The van der Waals surface area contributed by atoms with Crippen molar-refractivity contribution in [3.8, 4) is 22.3 Å². The van der Waals surface area contributed by atoms with Crippen LogP contribution < -0.4 is 0 Å². The Morgan fingerprint density at radius 3 is 1.87 bits per heavy atom. The number of hydrogen-bond donors (Lipinski definition) is 3. The molecule has 0 heterocycles. The van der Waals surface area contributed by atoms with E-state index in [9.17, 15) is 15.3 Å². The maximum absolute atomic E-state index is 10.3. The van der Waals surface area contributed by atoms with Gasteiger partial charge in [0.25, 0.3) is 0 Å². The zero-order chi connectivity index (χ0) is 22.0. The largest absolute Gasteiger partial charge is 0.505 e. The Hall–Kier alpha value is -3.72. The second kappa shape index (κ2) is 8.34. The van der Waals surface area contributed by atoms with E-state index in [0.29, 0.717) is 5.56 Å². The summed E-state index contributed by atoms with van der Waals surface area (Å²) >= 11 is 0. The predicted octanol–water partition coefficient (Wildman–Crippen LogP) is 7.36. The molecule has 0 spiro atoms. The van der Waals surface area contributed by atoms with Crippen molar-refractivity contribution in [2.24, 2.45) is 0 Å². The van der Waals surface area contributed by atoms with Crippen LogP contribution >= 0.6 is 0 Å². The molecular formula is C27H26O3. The van der Waals surface area contributed by atoms with Crippen molar-refractivity contribution >= 4 is 5.57 Å². The molecule has 0 aromatic heterocycles. The van der Waals surface area contributed by atoms with E-state index in [0.717, 1.165) is 22.3 Å². The summed E-state index contributed by atoms with van der Waals surface area (Å²) in [7, 11) is 0. The van der Waals surface area contributed by atoms with E-state index >= 15 is 0 Å². The van der Waals surface area contributed by atoms with E-state index in [1.54, 1.807) is 0 Å². The van der Waals surface area contributed by atoms with Crippen LogP contribution in [-0.2, 0) is 0 Å². The summed E-state index contributed by atoms with van der Waals surface area (Å²) in [5.74, 6) is -1.78. The Bertz CT molecular complexity index is 1180. The molecule has 3 aromatic rings. The molecule has 0 saturated carbocycles. The molecule has 3 aromatic carbocycles. The summed E-state index contributed by atoms with van der Waals surface area (Å²) in [6, 6.07) is 20.3. The van der Waals surface area contributed by atoms with Crippen molar-refractivity contribution in [2.75, 3.05) is 0 Å². The van der Waals surface area contributed by atoms with Gasteiger partial charge in [-0.05, 0) is 65.3 Å². The Kier molecular flexibility index (Phi) is 5.84. The van der Waals surface area contributed by atoms with Crippen LogP contribution in [0.15, 0.2) is 91.1 Å². The Morgan fingerprint density at radius 2 is 1.20 bits per heavy atom. The summed E-state index contributed by atoms with van der Waals surface area (Å²) in [4.78, 5) is 0. The third-order valence-corrected chi connectivity index (χ3v) is 5.42. The highest BCUT2D eigenvalue weighted by atomic mass is 16.3. The van der Waals surface area contributed by atoms with Gasteiger partial charge in [0.05, 0.1) is 0 Å². The topological polar surface area (TPSA) is 60.7 Å². The van der Waals surface area contributed by atoms with E-state index in [1.807, 2.05) is 43.3 Å². The maximum Gasteiger partial charge on any atom is 0.200 e. The summed E-state index contributed by atoms with van der Waals surface area (Å²) < 4.78 is 0. The highest BCUT2D eigenvalue weighted by Gasteiger charge is 2.18. The molecule has 0 fully saturated rings. The molecule has 152 valence electrons. The van der Waals surface area contributed by atoms with E-state index in [2.05, 4.69) is 51.3 Å². The van der Waals surface area contributed by atoms with E-state index in [1.165, 1.54) is 16.7 Å². The fourth-order valence-electron chi connectivity index (χ4n) is 3.76. The fourth-order valence-corrected chi connectivity index (χ4v) is 3.76. The minimum Gasteiger partial charge on any atom is -0.505 e. The first-order chi connectivity index (χ1) is 14.2. The van der Waals surface area contributed by atoms with Crippen molar-refractivity contribution in [2.45, 2.75) is 20.8 Å². The lowest BCUT2D eigenvalue weighted by molar-refractivity contribution is 0.295. The molecule has 0 aliphatic carbocycles. The molecule has 3 rings (SSSR count). The first kappa shape index (κ1) is 21.0. The van der Waals surface area contributed by atoms with Gasteiger partial charge in [-0.25, -0.2) is 0 Å². The fraction of sp³-hybridized carbons (Fsp3) is 0.111. The molecule has 0 saturated heterocycles. The van der Waals surface area contributed by atoms with Gasteiger partial charge in [0.1, 0.15) is 0 Å². The minimum atomic E-state index is -0.680. The molecule has 3 heteroatoms. The van der Waals surface area contributed by atoms with Gasteiger partial charge in [-0.1, -0.05) is 73.8 Å². The van der Waals surface area contributed by atoms with Gasteiger partial charge >= 0.3 is 0 Å². The van der Waals surface area contributed by atoms with E-state index in [-0.39, 0.29) is 5.57 Å². The molecule has 3 N–H and O–H groups in total. The van der Waals surface area contributed by atoms with Gasteiger partial charge in [-0.15, -0.1) is 0 Å². The molecule has 0 unspecified atom stereocenters. The lowest BCUT2D eigenvalue weighted by Gasteiger charge is -2.19. The molecule has 0 aliphatic rings. The second-order valence-corrected chi connectivity index (χ2v) is 7.41. The van der Waals surface area contributed by atoms with Crippen molar-refractivity contribution in [1.29, 1.82) is 0 Å². The average Bonchev–Trinajstić information content (AvgIpc) is 2.73. The highest BCUT2D eigenvalue weighted by molar-refractivity contribution is 5.90. The molecule has 0 bridgehead atoms. The molecule has 0 aliphatic heterocycles. The van der Waals surface area contributed by atoms with Crippen molar-refractivity contribution in [3.05, 3.63) is 113 Å². The third-order valence-electron chi connectivity index (χ3n) is 5.42. The molecule has 3 nitrogen and oxygen atoms in total. The number of hydrogen-bond acceptors (Lipinski definition) is 3. The van der Waals surface area contributed by atoms with E-state index in [4.69, 9.17) is 0 Å². The standard InChI is InChI=1S/C27H26O3/c1-16-10-6-7-12-21(16)25-17(2)11-8-15-24(25)23-14-9-13-22(18(23)3)19(4)26(29)27(30)20(5)28/h6-15,28-30H,4-5H2,1-3H3/b27-26-. The van der Waals surface area contributed by atoms with Gasteiger partial charge in [0.15, 0.2) is 17.3 Å². The van der Waals surface area contributed by atoms with Crippen molar-refractivity contribution < 1.29 is 15.3 Å². The van der Waals surface area contributed by atoms with Crippen LogP contribution in [0, 0.1) is 20.8 Å². The number of aryl methyl sites for hydroxylation is 2. The van der Waals surface area contributed by atoms with Gasteiger partial charge in [0, 0.05) is 5.57 Å².